The fourth-order valence-corrected chi connectivity index (χ4v) is 7.72. The third-order valence-electron chi connectivity index (χ3n) is 9.96. The van der Waals surface area contributed by atoms with E-state index in [1.54, 1.807) is 4.40 Å². The molecule has 3 heterocycles. The maximum Gasteiger partial charge on any atom is 0.310 e. The molecule has 0 N–H and O–H groups in total. The van der Waals surface area contributed by atoms with Crippen molar-refractivity contribution in [1.29, 1.82) is 0 Å². The van der Waals surface area contributed by atoms with Gasteiger partial charge in [-0.25, -0.2) is 4.40 Å². The molecule has 10 rings (SSSR count). The van der Waals surface area contributed by atoms with E-state index < -0.39 is 0 Å². The van der Waals surface area contributed by atoms with E-state index in [-0.39, 0.29) is 11.0 Å². The Balaban J connectivity index is 1.18. The minimum absolute atomic E-state index is 0.0958. The number of para-hydroxylation sites is 3. The van der Waals surface area contributed by atoms with Crippen LogP contribution < -0.4 is 5.56 Å². The van der Waals surface area contributed by atoms with Gasteiger partial charge in [0, 0.05) is 21.9 Å². The van der Waals surface area contributed by atoms with Gasteiger partial charge in [0.15, 0.2) is 0 Å². The van der Waals surface area contributed by atoms with Crippen LogP contribution in [-0.4, -0.2) is 14.0 Å². The molecule has 0 radical (unpaired) electrons. The summed E-state index contributed by atoms with van der Waals surface area (Å²) < 4.78 is 10.0. The molecule has 1 aliphatic carbocycles. The van der Waals surface area contributed by atoms with Crippen LogP contribution in [0.5, 0.6) is 0 Å². The molecule has 6 aromatic carbocycles. The number of aromatic nitrogens is 3. The highest BCUT2D eigenvalue weighted by atomic mass is 16.4. The van der Waals surface area contributed by atoms with Gasteiger partial charge in [0.05, 0.1) is 27.5 Å². The summed E-state index contributed by atoms with van der Waals surface area (Å²) in [4.78, 5) is 18.3. The van der Waals surface area contributed by atoms with E-state index in [1.165, 1.54) is 38.5 Å². The largest absolute Gasteiger partial charge is 0.424 e. The molecule has 1 aliphatic rings. The Bertz CT molecular complexity index is 2810. The summed E-state index contributed by atoms with van der Waals surface area (Å²) in [6, 6.07) is 44.3. The van der Waals surface area contributed by atoms with Crippen molar-refractivity contribution < 1.29 is 4.42 Å². The lowest BCUT2D eigenvalue weighted by Crippen LogP contribution is -2.14. The van der Waals surface area contributed by atoms with Crippen molar-refractivity contribution in [2.75, 3.05) is 0 Å². The summed E-state index contributed by atoms with van der Waals surface area (Å²) in [5.74, 6) is 0.303. The Morgan fingerprint density at radius 3 is 2.30 bits per heavy atom. The van der Waals surface area contributed by atoms with Crippen LogP contribution in [0.25, 0.3) is 77.6 Å². The molecule has 9 aromatic rings. The number of rotatable bonds is 2. The van der Waals surface area contributed by atoms with Gasteiger partial charge in [-0.1, -0.05) is 86.6 Å². The molecule has 3 aromatic heterocycles. The van der Waals surface area contributed by atoms with E-state index in [1.807, 2.05) is 42.5 Å². The van der Waals surface area contributed by atoms with Gasteiger partial charge in [-0.05, 0) is 88.0 Å². The van der Waals surface area contributed by atoms with Crippen LogP contribution in [0.15, 0.2) is 137 Å². The van der Waals surface area contributed by atoms with Gasteiger partial charge < -0.3 is 8.98 Å². The van der Waals surface area contributed by atoms with Crippen molar-refractivity contribution in [3.63, 3.8) is 0 Å². The summed E-state index contributed by atoms with van der Waals surface area (Å²) in [5.41, 5.74) is 12.5. The molecular formula is C41H27N3O2. The van der Waals surface area contributed by atoms with Gasteiger partial charge in [0.2, 0.25) is 0 Å². The fourth-order valence-electron chi connectivity index (χ4n) is 7.72. The molecule has 5 heteroatoms. The molecule has 0 atom stereocenters. The average molecular weight is 594 g/mol. The Hall–Kier alpha value is -5.94. The summed E-state index contributed by atoms with van der Waals surface area (Å²) >= 11 is 0. The third-order valence-corrected chi connectivity index (χ3v) is 9.96. The summed E-state index contributed by atoms with van der Waals surface area (Å²) in [5, 5.41) is 2.99. The predicted molar refractivity (Wildman–Crippen MR) is 186 cm³/mol. The van der Waals surface area contributed by atoms with Gasteiger partial charge in [-0.3, -0.25) is 4.79 Å². The smallest absolute Gasteiger partial charge is 0.310 e. The third kappa shape index (κ3) is 3.29. The van der Waals surface area contributed by atoms with Crippen molar-refractivity contribution in [2.45, 2.75) is 19.3 Å². The maximum absolute atomic E-state index is 13.8. The number of nitrogens with zero attached hydrogens (tertiary/aromatic N) is 3. The molecule has 0 aliphatic heterocycles. The SMILES string of the molecule is CC1(C)c2ccccc2-c2cc3c4ccccc4n(-c4cccc(-c5ccc6oc7nc8ccccc8n7c(=O)c6c5)c4)c3cc21. The highest BCUT2D eigenvalue weighted by molar-refractivity contribution is 6.11. The fraction of sp³-hybridized carbons (Fsp3) is 0.0732. The minimum atomic E-state index is -0.136. The number of fused-ring (bicyclic) bond motifs is 10. The highest BCUT2D eigenvalue weighted by Crippen LogP contribution is 2.51. The van der Waals surface area contributed by atoms with Crippen LogP contribution >= 0.6 is 0 Å². The van der Waals surface area contributed by atoms with Gasteiger partial charge in [0.1, 0.15) is 5.58 Å². The number of hydrogen-bond donors (Lipinski definition) is 0. The Labute approximate surface area is 263 Å². The first-order valence-corrected chi connectivity index (χ1v) is 15.6. The Morgan fingerprint density at radius 2 is 1.39 bits per heavy atom. The molecule has 218 valence electrons. The van der Waals surface area contributed by atoms with Gasteiger partial charge in [0.25, 0.3) is 5.56 Å². The average Bonchev–Trinajstić information content (AvgIpc) is 3.70. The van der Waals surface area contributed by atoms with Crippen LogP contribution in [0, 0.1) is 0 Å². The van der Waals surface area contributed by atoms with Gasteiger partial charge in [-0.15, -0.1) is 0 Å². The summed E-state index contributed by atoms with van der Waals surface area (Å²) in [6.07, 6.45) is 0. The topological polar surface area (TPSA) is 52.4 Å². The van der Waals surface area contributed by atoms with E-state index >= 15 is 0 Å². The van der Waals surface area contributed by atoms with Crippen LogP contribution in [0.1, 0.15) is 25.0 Å². The van der Waals surface area contributed by atoms with Crippen molar-refractivity contribution in [3.05, 3.63) is 149 Å². The maximum atomic E-state index is 13.8. The van der Waals surface area contributed by atoms with Crippen molar-refractivity contribution in [1.82, 2.24) is 14.0 Å². The predicted octanol–water partition coefficient (Wildman–Crippen LogP) is 9.66. The van der Waals surface area contributed by atoms with Crippen molar-refractivity contribution in [2.24, 2.45) is 0 Å². The lowest BCUT2D eigenvalue weighted by molar-refractivity contribution is 0.616. The normalized spacial score (nSPS) is 13.7. The van der Waals surface area contributed by atoms with Crippen LogP contribution in [0.4, 0.5) is 0 Å². The van der Waals surface area contributed by atoms with E-state index in [4.69, 9.17) is 4.42 Å². The zero-order valence-corrected chi connectivity index (χ0v) is 25.3. The molecule has 0 amide bonds. The minimum Gasteiger partial charge on any atom is -0.424 e. The zero-order chi connectivity index (χ0) is 30.7. The highest BCUT2D eigenvalue weighted by Gasteiger charge is 2.36. The van der Waals surface area contributed by atoms with E-state index in [2.05, 4.69) is 108 Å². The first kappa shape index (κ1) is 25.4. The molecule has 0 fully saturated rings. The first-order valence-electron chi connectivity index (χ1n) is 15.6. The Kier molecular flexibility index (Phi) is 4.87. The van der Waals surface area contributed by atoms with E-state index in [0.717, 1.165) is 33.4 Å². The van der Waals surface area contributed by atoms with E-state index in [0.29, 0.717) is 16.8 Å². The molecule has 5 nitrogen and oxygen atoms in total. The van der Waals surface area contributed by atoms with Crippen molar-refractivity contribution in [3.8, 4) is 27.9 Å². The quantitative estimate of drug-likeness (QED) is 0.201. The second-order valence-electron chi connectivity index (χ2n) is 12.8. The van der Waals surface area contributed by atoms with E-state index in [9.17, 15) is 4.79 Å². The standard InChI is InChI=1S/C41H27N3O2/c1-41(2)32-14-5-3-12-27(32)29-22-30-28-13-4-7-16-35(28)43(37(30)23-33(29)41)26-11-9-10-24(20-26)25-18-19-38-31(21-25)39(45)44-36-17-8-6-15-34(36)42-40(44)46-38/h3-23H,1-2H3. The van der Waals surface area contributed by atoms with Gasteiger partial charge >= 0.3 is 5.84 Å². The zero-order valence-electron chi connectivity index (χ0n) is 25.3. The lowest BCUT2D eigenvalue weighted by Gasteiger charge is -2.21. The summed E-state index contributed by atoms with van der Waals surface area (Å²) in [6.45, 7) is 4.65. The Morgan fingerprint density at radius 1 is 0.609 bits per heavy atom. The molecule has 46 heavy (non-hydrogen) atoms. The number of imidazole rings is 1. The molecular weight excluding hydrogens is 566 g/mol. The molecule has 0 saturated heterocycles. The van der Waals surface area contributed by atoms with Gasteiger partial charge in [-0.2, -0.15) is 4.98 Å². The number of hydrogen-bond acceptors (Lipinski definition) is 3. The second-order valence-corrected chi connectivity index (χ2v) is 12.8. The monoisotopic (exact) mass is 593 g/mol. The molecule has 0 saturated carbocycles. The molecule has 0 bridgehead atoms. The lowest BCUT2D eigenvalue weighted by atomic mass is 9.82. The van der Waals surface area contributed by atoms with Crippen LogP contribution in [-0.2, 0) is 5.41 Å². The number of benzene rings is 6. The second kappa shape index (κ2) is 8.83. The summed E-state index contributed by atoms with van der Waals surface area (Å²) in [7, 11) is 0. The van der Waals surface area contributed by atoms with Crippen LogP contribution in [0.2, 0.25) is 0 Å². The first-order chi connectivity index (χ1) is 22.5. The molecule has 0 spiro atoms. The van der Waals surface area contributed by atoms with Crippen LogP contribution in [0.3, 0.4) is 0 Å². The van der Waals surface area contributed by atoms with Crippen molar-refractivity contribution >= 4 is 49.7 Å². The molecule has 0 unspecified atom stereocenters.